The molecule has 2 rings (SSSR count). The van der Waals surface area contributed by atoms with Gasteiger partial charge in [-0.1, -0.05) is 29.8 Å². The van der Waals surface area contributed by atoms with Gasteiger partial charge in [-0.05, 0) is 52.0 Å². The third-order valence-electron chi connectivity index (χ3n) is 4.37. The number of halogens is 1. The van der Waals surface area contributed by atoms with Crippen LogP contribution < -0.4 is 5.73 Å². The lowest BCUT2D eigenvalue weighted by Gasteiger charge is -2.35. The lowest BCUT2D eigenvalue weighted by Crippen LogP contribution is -2.43. The summed E-state index contributed by atoms with van der Waals surface area (Å²) in [7, 11) is 4.37. The van der Waals surface area contributed by atoms with Gasteiger partial charge in [-0.3, -0.25) is 4.90 Å². The molecule has 3 atom stereocenters. The molecule has 0 bridgehead atoms. The van der Waals surface area contributed by atoms with Gasteiger partial charge in [0.2, 0.25) is 0 Å². The topological polar surface area (TPSA) is 32.5 Å². The van der Waals surface area contributed by atoms with E-state index >= 15 is 0 Å². The molecule has 4 heteroatoms. The molecule has 0 amide bonds. The molecule has 1 aromatic rings. The van der Waals surface area contributed by atoms with Gasteiger partial charge in [-0.15, -0.1) is 0 Å². The molecule has 2 N–H and O–H groups in total. The average molecular weight is 296 g/mol. The fourth-order valence-electron chi connectivity index (χ4n) is 3.29. The predicted octanol–water partition coefficient (Wildman–Crippen LogP) is 2.75. The van der Waals surface area contributed by atoms with Gasteiger partial charge in [0, 0.05) is 23.7 Å². The van der Waals surface area contributed by atoms with Crippen molar-refractivity contribution in [3.05, 3.63) is 34.9 Å². The average Bonchev–Trinajstić information content (AvgIpc) is 2.77. The van der Waals surface area contributed by atoms with Gasteiger partial charge in [0.1, 0.15) is 0 Å². The van der Waals surface area contributed by atoms with Crippen LogP contribution in [0.4, 0.5) is 0 Å². The summed E-state index contributed by atoms with van der Waals surface area (Å²) in [5, 5.41) is 0.807. The van der Waals surface area contributed by atoms with Crippen LogP contribution in [0.1, 0.15) is 31.4 Å². The third kappa shape index (κ3) is 3.53. The molecule has 1 aromatic carbocycles. The Bertz CT molecular complexity index is 435. The van der Waals surface area contributed by atoms with Gasteiger partial charge < -0.3 is 10.6 Å². The molecule has 20 heavy (non-hydrogen) atoms. The number of rotatable bonds is 5. The molecule has 1 fully saturated rings. The molecule has 3 nitrogen and oxygen atoms in total. The Morgan fingerprint density at radius 2 is 2.15 bits per heavy atom. The van der Waals surface area contributed by atoms with E-state index < -0.39 is 0 Å². The lowest BCUT2D eigenvalue weighted by atomic mass is 9.98. The summed E-state index contributed by atoms with van der Waals surface area (Å²) in [6.07, 6.45) is 2.57. The van der Waals surface area contributed by atoms with Crippen LogP contribution >= 0.6 is 11.6 Å². The summed E-state index contributed by atoms with van der Waals surface area (Å²) in [6, 6.07) is 8.88. The number of nitrogens with two attached hydrogens (primary N) is 1. The quantitative estimate of drug-likeness (QED) is 0.906. The van der Waals surface area contributed by atoms with Gasteiger partial charge in [0.25, 0.3) is 0 Å². The molecule has 0 saturated carbocycles. The van der Waals surface area contributed by atoms with Crippen molar-refractivity contribution >= 4 is 11.6 Å². The fourth-order valence-corrected chi connectivity index (χ4v) is 3.54. The molecule has 0 radical (unpaired) electrons. The van der Waals surface area contributed by atoms with Gasteiger partial charge in [-0.25, -0.2) is 0 Å². The number of hydrogen-bond acceptors (Lipinski definition) is 3. The monoisotopic (exact) mass is 295 g/mol. The number of nitrogens with zero attached hydrogens (tertiary/aromatic N) is 2. The highest BCUT2D eigenvalue weighted by Gasteiger charge is 2.28. The molecule has 0 spiro atoms. The number of likely N-dealkylation sites (N-methyl/N-ethyl adjacent to an activating group) is 2. The van der Waals surface area contributed by atoms with Crippen molar-refractivity contribution in [2.24, 2.45) is 5.73 Å². The zero-order valence-corrected chi connectivity index (χ0v) is 13.5. The first kappa shape index (κ1) is 15.8. The summed E-state index contributed by atoms with van der Waals surface area (Å²) in [4.78, 5) is 4.81. The SMILES string of the molecule is CC(N)C(c1ccccc1Cl)N(C)CC1CCCN1C. The minimum atomic E-state index is 0.0478. The Kier molecular flexibility index (Phi) is 5.44. The van der Waals surface area contributed by atoms with Crippen LogP contribution in [-0.4, -0.2) is 49.1 Å². The summed E-state index contributed by atoms with van der Waals surface area (Å²) in [6.45, 7) is 4.30. The number of hydrogen-bond donors (Lipinski definition) is 1. The Morgan fingerprint density at radius 3 is 2.70 bits per heavy atom. The van der Waals surface area contributed by atoms with Crippen molar-refractivity contribution in [3.8, 4) is 0 Å². The van der Waals surface area contributed by atoms with Gasteiger partial charge in [0.05, 0.1) is 6.04 Å². The van der Waals surface area contributed by atoms with E-state index in [1.807, 2.05) is 18.2 Å². The highest BCUT2D eigenvalue weighted by molar-refractivity contribution is 6.31. The molecular formula is C16H26ClN3. The summed E-state index contributed by atoms with van der Waals surface area (Å²) in [5.74, 6) is 0. The third-order valence-corrected chi connectivity index (χ3v) is 4.71. The summed E-state index contributed by atoms with van der Waals surface area (Å²) in [5.41, 5.74) is 7.37. The molecule has 0 aromatic heterocycles. The molecule has 112 valence electrons. The van der Waals surface area contributed by atoms with E-state index in [0.29, 0.717) is 6.04 Å². The van der Waals surface area contributed by atoms with Crippen molar-refractivity contribution < 1.29 is 0 Å². The fraction of sp³-hybridized carbons (Fsp3) is 0.625. The smallest absolute Gasteiger partial charge is 0.0508 e. The Balaban J connectivity index is 2.14. The molecular weight excluding hydrogens is 270 g/mol. The van der Waals surface area contributed by atoms with E-state index in [1.165, 1.54) is 19.4 Å². The number of benzene rings is 1. The number of likely N-dealkylation sites (tertiary alicyclic amines) is 1. The van der Waals surface area contributed by atoms with Crippen LogP contribution in [0.5, 0.6) is 0 Å². The molecule has 0 aliphatic carbocycles. The Labute approximate surface area is 127 Å². The van der Waals surface area contributed by atoms with Crippen molar-refractivity contribution in [3.63, 3.8) is 0 Å². The first-order chi connectivity index (χ1) is 9.50. The van der Waals surface area contributed by atoms with Gasteiger partial charge >= 0.3 is 0 Å². The maximum absolute atomic E-state index is 6.36. The van der Waals surface area contributed by atoms with E-state index in [-0.39, 0.29) is 12.1 Å². The highest BCUT2D eigenvalue weighted by atomic mass is 35.5. The highest BCUT2D eigenvalue weighted by Crippen LogP contribution is 2.29. The largest absolute Gasteiger partial charge is 0.326 e. The maximum atomic E-state index is 6.36. The maximum Gasteiger partial charge on any atom is 0.0508 e. The van der Waals surface area contributed by atoms with Crippen LogP contribution in [0.15, 0.2) is 24.3 Å². The lowest BCUT2D eigenvalue weighted by molar-refractivity contribution is 0.163. The predicted molar refractivity (Wildman–Crippen MR) is 86.1 cm³/mol. The van der Waals surface area contributed by atoms with Gasteiger partial charge in [-0.2, -0.15) is 0 Å². The van der Waals surface area contributed by atoms with E-state index in [2.05, 4.69) is 36.9 Å². The first-order valence-corrected chi connectivity index (χ1v) is 7.79. The van der Waals surface area contributed by atoms with Gasteiger partial charge in [0.15, 0.2) is 0 Å². The zero-order valence-electron chi connectivity index (χ0n) is 12.7. The molecule has 1 aliphatic rings. The molecule has 1 aliphatic heterocycles. The van der Waals surface area contributed by atoms with Crippen LogP contribution in [-0.2, 0) is 0 Å². The standard InChI is InChI=1S/C16H26ClN3/c1-12(18)16(14-8-4-5-9-15(14)17)20(3)11-13-7-6-10-19(13)2/h4-5,8-9,12-13,16H,6-7,10-11,18H2,1-3H3. The Hall–Kier alpha value is -0.610. The molecule has 1 saturated heterocycles. The zero-order chi connectivity index (χ0) is 14.7. The van der Waals surface area contributed by atoms with Crippen molar-refractivity contribution in [2.45, 2.75) is 37.9 Å². The second-order valence-corrected chi connectivity index (χ2v) is 6.45. The van der Waals surface area contributed by atoms with E-state index in [0.717, 1.165) is 17.1 Å². The summed E-state index contributed by atoms with van der Waals surface area (Å²) >= 11 is 6.36. The second-order valence-electron chi connectivity index (χ2n) is 6.04. The van der Waals surface area contributed by atoms with E-state index in [4.69, 9.17) is 17.3 Å². The minimum Gasteiger partial charge on any atom is -0.326 e. The van der Waals surface area contributed by atoms with Crippen molar-refractivity contribution in [2.75, 3.05) is 27.2 Å². The molecule has 1 heterocycles. The van der Waals surface area contributed by atoms with Crippen LogP contribution in [0, 0.1) is 0 Å². The van der Waals surface area contributed by atoms with Crippen LogP contribution in [0.3, 0.4) is 0 Å². The second kappa shape index (κ2) is 6.90. The van der Waals surface area contributed by atoms with Crippen molar-refractivity contribution in [1.82, 2.24) is 9.80 Å². The van der Waals surface area contributed by atoms with Crippen LogP contribution in [0.25, 0.3) is 0 Å². The van der Waals surface area contributed by atoms with Crippen molar-refractivity contribution in [1.29, 1.82) is 0 Å². The molecule has 3 unspecified atom stereocenters. The first-order valence-electron chi connectivity index (χ1n) is 7.41. The van der Waals surface area contributed by atoms with Crippen LogP contribution in [0.2, 0.25) is 5.02 Å². The minimum absolute atomic E-state index is 0.0478. The summed E-state index contributed by atoms with van der Waals surface area (Å²) < 4.78 is 0. The van der Waals surface area contributed by atoms with E-state index in [1.54, 1.807) is 0 Å². The van der Waals surface area contributed by atoms with E-state index in [9.17, 15) is 0 Å². The Morgan fingerprint density at radius 1 is 1.45 bits per heavy atom. The normalized spacial score (nSPS) is 23.2.